The quantitative estimate of drug-likeness (QED) is 0.808. The fraction of sp³-hybridized carbons (Fsp3) is 0.316. The Labute approximate surface area is 168 Å². The smallest absolute Gasteiger partial charge is 0.228 e. The number of nitrogens with zero attached hydrogens (tertiary/aromatic N) is 1. The Morgan fingerprint density at radius 3 is 2.42 bits per heavy atom. The number of halogens is 3. The van der Waals surface area contributed by atoms with Crippen molar-refractivity contribution in [1.29, 1.82) is 0 Å². The molecule has 26 heavy (non-hydrogen) atoms. The highest BCUT2D eigenvalue weighted by Crippen LogP contribution is 2.30. The number of rotatable bonds is 4. The van der Waals surface area contributed by atoms with E-state index in [1.807, 2.05) is 12.1 Å². The van der Waals surface area contributed by atoms with Crippen molar-refractivity contribution in [3.05, 3.63) is 57.0 Å². The van der Waals surface area contributed by atoms with Crippen LogP contribution < -0.4 is 15.1 Å². The molecule has 0 bridgehead atoms. The van der Waals surface area contributed by atoms with Crippen LogP contribution in [0.25, 0.3) is 0 Å². The third-order valence-electron chi connectivity index (χ3n) is 4.59. The van der Waals surface area contributed by atoms with Crippen LogP contribution in [-0.2, 0) is 11.2 Å². The molecular formula is C19H21Cl3N3O+. The summed E-state index contributed by atoms with van der Waals surface area (Å²) in [6, 6.07) is 10.8. The zero-order valence-corrected chi connectivity index (χ0v) is 16.8. The van der Waals surface area contributed by atoms with Crippen molar-refractivity contribution in [2.24, 2.45) is 0 Å². The number of amides is 1. The molecule has 2 aromatic carbocycles. The van der Waals surface area contributed by atoms with Gasteiger partial charge in [0.25, 0.3) is 0 Å². The van der Waals surface area contributed by atoms with Crippen molar-refractivity contribution in [1.82, 2.24) is 0 Å². The Bertz CT molecular complexity index is 784. The molecule has 0 radical (unpaired) electrons. The Balaban J connectivity index is 1.78. The molecule has 4 nitrogen and oxygen atoms in total. The summed E-state index contributed by atoms with van der Waals surface area (Å²) in [4.78, 5) is 16.4. The van der Waals surface area contributed by atoms with Gasteiger partial charge in [0.15, 0.2) is 0 Å². The molecule has 0 spiro atoms. The lowest BCUT2D eigenvalue weighted by Crippen LogP contribution is -3.12. The van der Waals surface area contributed by atoms with Crippen LogP contribution in [0, 0.1) is 0 Å². The summed E-state index contributed by atoms with van der Waals surface area (Å²) in [5, 5.41) is 4.53. The Hall–Kier alpha value is -1.46. The molecule has 1 heterocycles. The van der Waals surface area contributed by atoms with E-state index < -0.39 is 0 Å². The lowest BCUT2D eigenvalue weighted by atomic mass is 10.1. The van der Waals surface area contributed by atoms with Gasteiger partial charge in [-0.05, 0) is 35.9 Å². The number of carbonyl (C=O) groups is 1. The molecule has 0 saturated carbocycles. The molecule has 1 saturated heterocycles. The molecule has 138 valence electrons. The number of hydrogen-bond acceptors (Lipinski definition) is 2. The summed E-state index contributed by atoms with van der Waals surface area (Å²) < 4.78 is 0. The van der Waals surface area contributed by atoms with E-state index in [2.05, 4.69) is 17.3 Å². The summed E-state index contributed by atoms with van der Waals surface area (Å²) >= 11 is 18.5. The third-order valence-corrected chi connectivity index (χ3v) is 5.53. The first kappa shape index (κ1) is 19.3. The normalized spacial score (nSPS) is 15.2. The SMILES string of the molecule is C[NH+]1CCN(c2ccc(Cl)cc2NC(=O)Cc2c(Cl)cccc2Cl)CC1. The Morgan fingerprint density at radius 1 is 1.12 bits per heavy atom. The fourth-order valence-corrected chi connectivity index (χ4v) is 3.77. The topological polar surface area (TPSA) is 36.8 Å². The molecule has 1 fully saturated rings. The van der Waals surface area contributed by atoms with Gasteiger partial charge < -0.3 is 15.1 Å². The zero-order chi connectivity index (χ0) is 18.7. The monoisotopic (exact) mass is 412 g/mol. The maximum atomic E-state index is 12.6. The van der Waals surface area contributed by atoms with E-state index in [4.69, 9.17) is 34.8 Å². The first-order valence-corrected chi connectivity index (χ1v) is 9.66. The summed E-state index contributed by atoms with van der Waals surface area (Å²) in [7, 11) is 2.19. The van der Waals surface area contributed by atoms with Gasteiger partial charge in [0.2, 0.25) is 5.91 Å². The molecule has 3 rings (SSSR count). The first-order chi connectivity index (χ1) is 12.4. The van der Waals surface area contributed by atoms with Gasteiger partial charge >= 0.3 is 0 Å². The van der Waals surface area contributed by atoms with Crippen LogP contribution in [-0.4, -0.2) is 39.1 Å². The molecule has 0 atom stereocenters. The van der Waals surface area contributed by atoms with E-state index in [1.165, 1.54) is 4.90 Å². The van der Waals surface area contributed by atoms with Crippen molar-refractivity contribution in [2.75, 3.05) is 43.4 Å². The minimum atomic E-state index is -0.178. The largest absolute Gasteiger partial charge is 0.359 e. The molecule has 0 aromatic heterocycles. The van der Waals surface area contributed by atoms with Crippen molar-refractivity contribution in [2.45, 2.75) is 6.42 Å². The van der Waals surface area contributed by atoms with E-state index >= 15 is 0 Å². The van der Waals surface area contributed by atoms with Crippen molar-refractivity contribution in [3.63, 3.8) is 0 Å². The van der Waals surface area contributed by atoms with Crippen LogP contribution >= 0.6 is 34.8 Å². The lowest BCUT2D eigenvalue weighted by molar-refractivity contribution is -0.880. The van der Waals surface area contributed by atoms with Crippen LogP contribution in [0.2, 0.25) is 15.1 Å². The van der Waals surface area contributed by atoms with Gasteiger partial charge in [0.05, 0.1) is 51.0 Å². The molecular weight excluding hydrogens is 393 g/mol. The maximum absolute atomic E-state index is 12.6. The molecule has 2 aromatic rings. The van der Waals surface area contributed by atoms with Gasteiger partial charge in [-0.2, -0.15) is 0 Å². The number of carbonyl (C=O) groups excluding carboxylic acids is 1. The van der Waals surface area contributed by atoms with Gasteiger partial charge in [-0.15, -0.1) is 0 Å². The van der Waals surface area contributed by atoms with E-state index in [0.717, 1.165) is 31.9 Å². The van der Waals surface area contributed by atoms with Gasteiger partial charge in [0.1, 0.15) is 0 Å². The first-order valence-electron chi connectivity index (χ1n) is 8.52. The number of likely N-dealkylation sites (N-methyl/N-ethyl adjacent to an activating group) is 1. The van der Waals surface area contributed by atoms with E-state index in [0.29, 0.717) is 26.3 Å². The Morgan fingerprint density at radius 2 is 1.77 bits per heavy atom. The summed E-state index contributed by atoms with van der Waals surface area (Å²) in [5.41, 5.74) is 2.32. The van der Waals surface area contributed by atoms with Gasteiger partial charge in [-0.25, -0.2) is 0 Å². The number of nitrogens with one attached hydrogen (secondary N) is 2. The van der Waals surface area contributed by atoms with Crippen LogP contribution in [0.5, 0.6) is 0 Å². The second kappa shape index (κ2) is 8.49. The minimum absolute atomic E-state index is 0.108. The third kappa shape index (κ3) is 4.63. The Kier molecular flexibility index (Phi) is 6.30. The molecule has 1 aliphatic heterocycles. The predicted molar refractivity (Wildman–Crippen MR) is 109 cm³/mol. The number of anilines is 2. The summed E-state index contributed by atoms with van der Waals surface area (Å²) in [6.45, 7) is 4.00. The molecule has 1 aliphatic rings. The molecule has 0 unspecified atom stereocenters. The summed E-state index contributed by atoms with van der Waals surface area (Å²) in [5.74, 6) is -0.178. The molecule has 2 N–H and O–H groups in total. The van der Waals surface area contributed by atoms with Crippen molar-refractivity contribution in [3.8, 4) is 0 Å². The van der Waals surface area contributed by atoms with Crippen LogP contribution in [0.1, 0.15) is 5.56 Å². The van der Waals surface area contributed by atoms with Gasteiger partial charge in [-0.1, -0.05) is 40.9 Å². The van der Waals surface area contributed by atoms with E-state index in [-0.39, 0.29) is 12.3 Å². The average Bonchev–Trinajstić information content (AvgIpc) is 2.59. The van der Waals surface area contributed by atoms with Crippen LogP contribution in [0.15, 0.2) is 36.4 Å². The van der Waals surface area contributed by atoms with E-state index in [9.17, 15) is 4.79 Å². The van der Waals surface area contributed by atoms with Gasteiger partial charge in [-0.3, -0.25) is 4.79 Å². The molecule has 7 heteroatoms. The van der Waals surface area contributed by atoms with Gasteiger partial charge in [0, 0.05) is 15.1 Å². The number of piperazine rings is 1. The van der Waals surface area contributed by atoms with E-state index in [1.54, 1.807) is 24.3 Å². The predicted octanol–water partition coefficient (Wildman–Crippen LogP) is 3.16. The lowest BCUT2D eigenvalue weighted by Gasteiger charge is -2.33. The highest BCUT2D eigenvalue weighted by atomic mass is 35.5. The highest BCUT2D eigenvalue weighted by Gasteiger charge is 2.21. The highest BCUT2D eigenvalue weighted by molar-refractivity contribution is 6.36. The van der Waals surface area contributed by atoms with Crippen LogP contribution in [0.3, 0.4) is 0 Å². The standard InChI is InChI=1S/C19H20Cl3N3O/c1-24-7-9-25(10-8-24)18-6-5-13(20)11-17(18)23-19(26)12-14-15(21)3-2-4-16(14)22/h2-6,11H,7-10,12H2,1H3,(H,23,26)/p+1. The summed E-state index contributed by atoms with van der Waals surface area (Å²) in [6.07, 6.45) is 0.108. The number of hydrogen-bond donors (Lipinski definition) is 2. The van der Waals surface area contributed by atoms with Crippen molar-refractivity contribution < 1.29 is 9.69 Å². The number of quaternary nitrogens is 1. The second-order valence-corrected chi connectivity index (χ2v) is 7.78. The molecule has 1 amide bonds. The average molecular weight is 414 g/mol. The van der Waals surface area contributed by atoms with Crippen LogP contribution in [0.4, 0.5) is 11.4 Å². The maximum Gasteiger partial charge on any atom is 0.228 e. The second-order valence-electron chi connectivity index (χ2n) is 6.53. The number of benzene rings is 2. The fourth-order valence-electron chi connectivity index (χ4n) is 3.07. The minimum Gasteiger partial charge on any atom is -0.359 e. The molecule has 0 aliphatic carbocycles. The van der Waals surface area contributed by atoms with Crippen molar-refractivity contribution >= 4 is 52.1 Å². The zero-order valence-electron chi connectivity index (χ0n) is 14.5.